The Morgan fingerprint density at radius 2 is 1.53 bits per heavy atom. The van der Waals surface area contributed by atoms with Gasteiger partial charge in [-0.1, -0.05) is 15.9 Å². The third kappa shape index (κ3) is 4.34. The highest BCUT2D eigenvalue weighted by molar-refractivity contribution is 9.10. The number of nitrogens with zero attached hydrogens (tertiary/aromatic N) is 1. The number of carbonyl (C=O) groups is 2. The fourth-order valence-corrected chi connectivity index (χ4v) is 1.83. The van der Waals surface area contributed by atoms with E-state index in [1.807, 2.05) is 0 Å². The van der Waals surface area contributed by atoms with Crippen LogP contribution in [-0.4, -0.2) is 16.6 Å². The lowest BCUT2D eigenvalue weighted by Gasteiger charge is -2.03. The third-order valence-electron chi connectivity index (χ3n) is 1.76. The molecule has 0 spiro atoms. The molecule has 0 aliphatic rings. The first-order valence-corrected chi connectivity index (χ1v) is 5.41. The van der Waals surface area contributed by atoms with Gasteiger partial charge < -0.3 is 0 Å². The number of hydrogen-bond donors (Lipinski definition) is 0. The van der Waals surface area contributed by atoms with Gasteiger partial charge in [0.15, 0.2) is 0 Å². The van der Waals surface area contributed by atoms with Crippen molar-refractivity contribution < 1.29 is 9.59 Å². The lowest BCUT2D eigenvalue weighted by atomic mass is 10.1. The predicted molar refractivity (Wildman–Crippen MR) is 60.7 cm³/mol. The van der Waals surface area contributed by atoms with Gasteiger partial charge in [-0.2, -0.15) is 0 Å². The van der Waals surface area contributed by atoms with Gasteiger partial charge in [0, 0.05) is 28.7 Å². The summed E-state index contributed by atoms with van der Waals surface area (Å²) in [6.45, 7) is 3.04. The summed E-state index contributed by atoms with van der Waals surface area (Å²) in [5.74, 6) is 0.128. The summed E-state index contributed by atoms with van der Waals surface area (Å²) in [7, 11) is 0. The summed E-state index contributed by atoms with van der Waals surface area (Å²) in [6.07, 6.45) is 0.620. The summed E-state index contributed by atoms with van der Waals surface area (Å²) in [5, 5.41) is 0. The second kappa shape index (κ2) is 5.16. The molecule has 0 N–H and O–H groups in total. The van der Waals surface area contributed by atoms with E-state index in [1.54, 1.807) is 12.1 Å². The fraction of sp³-hybridized carbons (Fsp3) is 0.364. The maximum Gasteiger partial charge on any atom is 0.135 e. The van der Waals surface area contributed by atoms with Gasteiger partial charge in [0.05, 0.1) is 0 Å². The summed E-state index contributed by atoms with van der Waals surface area (Å²) in [6, 6.07) is 3.59. The van der Waals surface area contributed by atoms with Crippen molar-refractivity contribution in [3.63, 3.8) is 0 Å². The number of pyridine rings is 1. The van der Waals surface area contributed by atoms with Gasteiger partial charge in [0.1, 0.15) is 11.6 Å². The largest absolute Gasteiger partial charge is 0.300 e. The smallest absolute Gasteiger partial charge is 0.135 e. The summed E-state index contributed by atoms with van der Waals surface area (Å²) in [5.41, 5.74) is 1.40. The molecule has 0 aliphatic heterocycles. The third-order valence-corrected chi connectivity index (χ3v) is 2.21. The zero-order valence-corrected chi connectivity index (χ0v) is 10.3. The number of rotatable bonds is 4. The van der Waals surface area contributed by atoms with Gasteiger partial charge in [0.25, 0.3) is 0 Å². The van der Waals surface area contributed by atoms with Crippen molar-refractivity contribution in [3.8, 4) is 0 Å². The van der Waals surface area contributed by atoms with Crippen molar-refractivity contribution in [2.75, 3.05) is 0 Å². The van der Waals surface area contributed by atoms with E-state index in [0.717, 1.165) is 4.47 Å². The number of halogens is 1. The van der Waals surface area contributed by atoms with Crippen LogP contribution >= 0.6 is 15.9 Å². The molecule has 15 heavy (non-hydrogen) atoms. The molecule has 0 aliphatic carbocycles. The van der Waals surface area contributed by atoms with Crippen molar-refractivity contribution in [2.24, 2.45) is 0 Å². The maximum atomic E-state index is 10.9. The number of Topliss-reactive ketones (excluding diaryl/α,β-unsaturated/α-hetero) is 2. The average molecular weight is 270 g/mol. The van der Waals surface area contributed by atoms with E-state index < -0.39 is 0 Å². The van der Waals surface area contributed by atoms with Crippen LogP contribution in [0.5, 0.6) is 0 Å². The highest BCUT2D eigenvalue weighted by atomic mass is 79.9. The molecule has 0 saturated heterocycles. The van der Waals surface area contributed by atoms with Crippen molar-refractivity contribution >= 4 is 27.5 Å². The minimum absolute atomic E-state index is 0.0642. The molecule has 0 fully saturated rings. The van der Waals surface area contributed by atoms with E-state index in [2.05, 4.69) is 20.9 Å². The predicted octanol–water partition coefficient (Wildman–Crippen LogP) is 2.11. The lowest BCUT2D eigenvalue weighted by molar-refractivity contribution is -0.117. The van der Waals surface area contributed by atoms with Crippen LogP contribution in [0.25, 0.3) is 0 Å². The van der Waals surface area contributed by atoms with E-state index in [1.165, 1.54) is 13.8 Å². The monoisotopic (exact) mass is 269 g/mol. The highest BCUT2D eigenvalue weighted by Gasteiger charge is 2.05. The van der Waals surface area contributed by atoms with Crippen LogP contribution in [0, 0.1) is 0 Å². The van der Waals surface area contributed by atoms with E-state index >= 15 is 0 Å². The molecule has 0 aromatic carbocycles. The highest BCUT2D eigenvalue weighted by Crippen LogP contribution is 2.14. The molecule has 1 heterocycles. The molecule has 80 valence electrons. The second-order valence-corrected chi connectivity index (χ2v) is 4.44. The van der Waals surface area contributed by atoms with Gasteiger partial charge in [-0.15, -0.1) is 0 Å². The Morgan fingerprint density at radius 1 is 1.13 bits per heavy atom. The first kappa shape index (κ1) is 12.0. The first-order valence-electron chi connectivity index (χ1n) is 4.61. The van der Waals surface area contributed by atoms with E-state index in [4.69, 9.17) is 0 Å². The molecule has 1 rings (SSSR count). The van der Waals surface area contributed by atoms with Crippen LogP contribution in [0.2, 0.25) is 0 Å². The van der Waals surface area contributed by atoms with Crippen molar-refractivity contribution in [1.29, 1.82) is 0 Å². The molecular weight excluding hydrogens is 258 g/mol. The van der Waals surface area contributed by atoms with Gasteiger partial charge in [0.2, 0.25) is 0 Å². The van der Waals surface area contributed by atoms with Crippen molar-refractivity contribution in [2.45, 2.75) is 26.7 Å². The van der Waals surface area contributed by atoms with Gasteiger partial charge in [-0.3, -0.25) is 14.6 Å². The Bertz CT molecular complexity index is 367. The van der Waals surface area contributed by atoms with Crippen LogP contribution in [0.4, 0.5) is 0 Å². The van der Waals surface area contributed by atoms with Crippen LogP contribution in [0.15, 0.2) is 16.6 Å². The van der Waals surface area contributed by atoms with Crippen LogP contribution in [0.3, 0.4) is 0 Å². The molecule has 0 saturated carbocycles. The van der Waals surface area contributed by atoms with Crippen molar-refractivity contribution in [1.82, 2.24) is 4.98 Å². The number of ketones is 2. The standard InChI is InChI=1S/C11H12BrNO2/c1-7(14)3-10-5-9(12)6-11(13-10)4-8(2)15/h5-6H,3-4H2,1-2H3. The van der Waals surface area contributed by atoms with E-state index in [0.29, 0.717) is 24.2 Å². The summed E-state index contributed by atoms with van der Waals surface area (Å²) < 4.78 is 0.852. The topological polar surface area (TPSA) is 47.0 Å². The van der Waals surface area contributed by atoms with Gasteiger partial charge in [-0.05, 0) is 26.0 Å². The average Bonchev–Trinajstić information content (AvgIpc) is 1.98. The number of aromatic nitrogens is 1. The molecule has 0 bridgehead atoms. The molecule has 0 amide bonds. The molecular formula is C11H12BrNO2. The Morgan fingerprint density at radius 3 is 1.87 bits per heavy atom. The molecule has 0 unspecified atom stereocenters. The minimum Gasteiger partial charge on any atom is -0.300 e. The van der Waals surface area contributed by atoms with Crippen LogP contribution in [-0.2, 0) is 22.4 Å². The Hall–Kier alpha value is -1.03. The SMILES string of the molecule is CC(=O)Cc1cc(Br)cc(CC(C)=O)n1. The Kier molecular flexibility index (Phi) is 4.15. The fourth-order valence-electron chi connectivity index (χ4n) is 1.30. The van der Waals surface area contributed by atoms with Crippen LogP contribution in [0.1, 0.15) is 25.2 Å². The Labute approximate surface area is 97.0 Å². The van der Waals surface area contributed by atoms with Gasteiger partial charge >= 0.3 is 0 Å². The van der Waals surface area contributed by atoms with Crippen molar-refractivity contribution in [3.05, 3.63) is 28.0 Å². The van der Waals surface area contributed by atoms with Gasteiger partial charge in [-0.25, -0.2) is 0 Å². The summed E-state index contributed by atoms with van der Waals surface area (Å²) >= 11 is 3.33. The zero-order valence-electron chi connectivity index (χ0n) is 8.71. The molecule has 1 aromatic rings. The van der Waals surface area contributed by atoms with E-state index in [-0.39, 0.29) is 11.6 Å². The minimum atomic E-state index is 0.0642. The lowest BCUT2D eigenvalue weighted by Crippen LogP contribution is -2.04. The maximum absolute atomic E-state index is 10.9. The van der Waals surface area contributed by atoms with E-state index in [9.17, 15) is 9.59 Å². The normalized spacial score (nSPS) is 10.1. The number of carbonyl (C=O) groups excluding carboxylic acids is 2. The molecule has 1 aromatic heterocycles. The quantitative estimate of drug-likeness (QED) is 0.841. The molecule has 0 atom stereocenters. The first-order chi connectivity index (χ1) is 6.97. The summed E-state index contributed by atoms with van der Waals surface area (Å²) in [4.78, 5) is 26.1. The molecule has 0 radical (unpaired) electrons. The Balaban J connectivity index is 2.94. The second-order valence-electron chi connectivity index (χ2n) is 3.53. The zero-order chi connectivity index (χ0) is 11.4. The molecule has 4 heteroatoms. The van der Waals surface area contributed by atoms with Crippen LogP contribution < -0.4 is 0 Å². The molecule has 3 nitrogen and oxygen atoms in total. The number of hydrogen-bond acceptors (Lipinski definition) is 3.